The Balaban J connectivity index is 1.98. The van der Waals surface area contributed by atoms with Gasteiger partial charge < -0.3 is 9.64 Å². The smallest absolute Gasteiger partial charge is 0.256 e. The largest absolute Gasteiger partial charge is 0.366 e. The molecule has 1 amide bonds. The Hall–Kier alpha value is -1.42. The van der Waals surface area contributed by atoms with E-state index < -0.39 is 0 Å². The van der Waals surface area contributed by atoms with E-state index >= 15 is 0 Å². The maximum atomic E-state index is 13.0. The van der Waals surface area contributed by atoms with Crippen LogP contribution in [0.15, 0.2) is 24.3 Å². The van der Waals surface area contributed by atoms with Crippen LogP contribution >= 0.6 is 0 Å². The molecule has 2 aliphatic rings. The summed E-state index contributed by atoms with van der Waals surface area (Å²) < 4.78 is 18.3. The molecule has 2 unspecified atom stereocenters. The van der Waals surface area contributed by atoms with Gasteiger partial charge in [-0.05, 0) is 18.2 Å². The molecule has 1 aromatic rings. The fourth-order valence-corrected chi connectivity index (χ4v) is 2.26. The normalized spacial score (nSPS) is 28.9. The molecule has 3 rings (SSSR count). The molecule has 1 aromatic carbocycles. The fraction of sp³-hybridized carbons (Fsp3) is 0.364. The molecular weight excluding hydrogens is 197 g/mol. The van der Waals surface area contributed by atoms with E-state index in [0.717, 1.165) is 6.42 Å². The van der Waals surface area contributed by atoms with Crippen molar-refractivity contribution in [2.75, 3.05) is 11.5 Å². The maximum absolute atomic E-state index is 13.0. The minimum atomic E-state index is -0.316. The maximum Gasteiger partial charge on any atom is 0.256 e. The number of anilines is 1. The molecule has 15 heavy (non-hydrogen) atoms. The SMILES string of the molecule is O=C1C2CC(CO2)N1c1cccc(F)c1. The van der Waals surface area contributed by atoms with Gasteiger partial charge in [-0.1, -0.05) is 6.07 Å². The van der Waals surface area contributed by atoms with Crippen molar-refractivity contribution in [3.05, 3.63) is 30.1 Å². The van der Waals surface area contributed by atoms with E-state index in [-0.39, 0.29) is 23.9 Å². The molecule has 3 nitrogen and oxygen atoms in total. The molecule has 2 saturated heterocycles. The van der Waals surface area contributed by atoms with Gasteiger partial charge in [-0.15, -0.1) is 0 Å². The molecule has 2 fully saturated rings. The fourth-order valence-electron chi connectivity index (χ4n) is 2.26. The van der Waals surface area contributed by atoms with Gasteiger partial charge >= 0.3 is 0 Å². The molecule has 0 spiro atoms. The number of morpholine rings is 1. The predicted octanol–water partition coefficient (Wildman–Crippen LogP) is 1.33. The van der Waals surface area contributed by atoms with Gasteiger partial charge in [0.05, 0.1) is 12.6 Å². The molecule has 0 radical (unpaired) electrons. The number of benzene rings is 1. The van der Waals surface area contributed by atoms with Gasteiger partial charge in [-0.2, -0.15) is 0 Å². The van der Waals surface area contributed by atoms with Crippen molar-refractivity contribution in [2.24, 2.45) is 0 Å². The van der Waals surface area contributed by atoms with E-state index in [0.29, 0.717) is 12.3 Å². The first kappa shape index (κ1) is 8.85. The van der Waals surface area contributed by atoms with Crippen molar-refractivity contribution in [3.8, 4) is 0 Å². The van der Waals surface area contributed by atoms with Crippen LogP contribution in [0.4, 0.5) is 10.1 Å². The number of carbonyl (C=O) groups is 1. The summed E-state index contributed by atoms with van der Waals surface area (Å²) in [4.78, 5) is 13.4. The Kier molecular flexibility index (Phi) is 1.79. The summed E-state index contributed by atoms with van der Waals surface area (Å²) in [6.07, 6.45) is 0.424. The number of rotatable bonds is 1. The first-order valence-electron chi connectivity index (χ1n) is 4.96. The minimum Gasteiger partial charge on any atom is -0.366 e. The van der Waals surface area contributed by atoms with Gasteiger partial charge in [0.15, 0.2) is 0 Å². The number of amides is 1. The number of hydrogen-bond acceptors (Lipinski definition) is 2. The van der Waals surface area contributed by atoms with Crippen molar-refractivity contribution in [1.82, 2.24) is 0 Å². The summed E-state index contributed by atoms with van der Waals surface area (Å²) >= 11 is 0. The van der Waals surface area contributed by atoms with Crippen LogP contribution in [0.5, 0.6) is 0 Å². The highest BCUT2D eigenvalue weighted by molar-refractivity contribution is 6.00. The summed E-state index contributed by atoms with van der Waals surface area (Å²) in [5.41, 5.74) is 0.635. The molecular formula is C11H10FNO2. The van der Waals surface area contributed by atoms with Crippen LogP contribution in [0.1, 0.15) is 6.42 Å². The summed E-state index contributed by atoms with van der Waals surface area (Å²) in [6, 6.07) is 6.22. The first-order chi connectivity index (χ1) is 7.25. The molecule has 0 aliphatic carbocycles. The van der Waals surface area contributed by atoms with Gasteiger partial charge in [-0.3, -0.25) is 4.79 Å². The van der Waals surface area contributed by atoms with Crippen molar-refractivity contribution in [1.29, 1.82) is 0 Å². The van der Waals surface area contributed by atoms with Gasteiger partial charge in [0.1, 0.15) is 11.9 Å². The highest BCUT2D eigenvalue weighted by atomic mass is 19.1. The van der Waals surface area contributed by atoms with E-state index in [4.69, 9.17) is 4.74 Å². The van der Waals surface area contributed by atoms with E-state index in [1.165, 1.54) is 12.1 Å². The van der Waals surface area contributed by atoms with E-state index in [1.54, 1.807) is 17.0 Å². The molecule has 0 saturated carbocycles. The van der Waals surface area contributed by atoms with E-state index in [1.807, 2.05) is 0 Å². The third kappa shape index (κ3) is 1.25. The topological polar surface area (TPSA) is 29.5 Å². The van der Waals surface area contributed by atoms with E-state index in [9.17, 15) is 9.18 Å². The average Bonchev–Trinajstić information content (AvgIpc) is 2.77. The van der Waals surface area contributed by atoms with Crippen molar-refractivity contribution >= 4 is 11.6 Å². The number of carbonyl (C=O) groups excluding carboxylic acids is 1. The molecule has 4 heteroatoms. The Morgan fingerprint density at radius 3 is 3.00 bits per heavy atom. The van der Waals surface area contributed by atoms with Crippen LogP contribution in [-0.4, -0.2) is 24.7 Å². The average molecular weight is 207 g/mol. The zero-order chi connectivity index (χ0) is 10.4. The van der Waals surface area contributed by atoms with Crippen molar-refractivity contribution < 1.29 is 13.9 Å². The van der Waals surface area contributed by atoms with Crippen LogP contribution in [-0.2, 0) is 9.53 Å². The number of halogens is 1. The number of ether oxygens (including phenoxy) is 1. The van der Waals surface area contributed by atoms with Crippen LogP contribution in [0.3, 0.4) is 0 Å². The number of nitrogens with zero attached hydrogens (tertiary/aromatic N) is 1. The Labute approximate surface area is 86.4 Å². The third-order valence-electron chi connectivity index (χ3n) is 2.94. The first-order valence-corrected chi connectivity index (χ1v) is 4.96. The second-order valence-corrected chi connectivity index (χ2v) is 3.90. The summed E-state index contributed by atoms with van der Waals surface area (Å²) in [7, 11) is 0. The molecule has 0 N–H and O–H groups in total. The molecule has 78 valence electrons. The zero-order valence-electron chi connectivity index (χ0n) is 8.02. The van der Waals surface area contributed by atoms with Crippen LogP contribution < -0.4 is 4.90 Å². The van der Waals surface area contributed by atoms with Gasteiger partial charge in [0, 0.05) is 12.1 Å². The molecule has 0 aromatic heterocycles. The molecule has 2 bridgehead atoms. The Morgan fingerprint density at radius 2 is 2.33 bits per heavy atom. The highest BCUT2D eigenvalue weighted by Crippen LogP contribution is 2.33. The zero-order valence-corrected chi connectivity index (χ0v) is 8.02. The lowest BCUT2D eigenvalue weighted by Crippen LogP contribution is -2.41. The quantitative estimate of drug-likeness (QED) is 0.695. The van der Waals surface area contributed by atoms with Gasteiger partial charge in [-0.25, -0.2) is 4.39 Å². The second-order valence-electron chi connectivity index (χ2n) is 3.90. The Bertz CT molecular complexity index is 421. The minimum absolute atomic E-state index is 0.0446. The standard InChI is InChI=1S/C11H10FNO2/c12-7-2-1-3-8(4-7)13-9-5-10(11(13)14)15-6-9/h1-4,9-10H,5-6H2. The number of hydrogen-bond donors (Lipinski definition) is 0. The van der Waals surface area contributed by atoms with E-state index in [2.05, 4.69) is 0 Å². The number of fused-ring (bicyclic) bond motifs is 2. The van der Waals surface area contributed by atoms with Gasteiger partial charge in [0.2, 0.25) is 0 Å². The third-order valence-corrected chi connectivity index (χ3v) is 2.94. The van der Waals surface area contributed by atoms with Crippen molar-refractivity contribution in [2.45, 2.75) is 18.6 Å². The lowest BCUT2D eigenvalue weighted by atomic mass is 10.2. The van der Waals surface area contributed by atoms with Crippen molar-refractivity contribution in [3.63, 3.8) is 0 Å². The lowest BCUT2D eigenvalue weighted by molar-refractivity contribution is -0.128. The highest BCUT2D eigenvalue weighted by Gasteiger charge is 2.46. The van der Waals surface area contributed by atoms with Crippen LogP contribution in [0, 0.1) is 5.82 Å². The lowest BCUT2D eigenvalue weighted by Gasteiger charge is -2.26. The Morgan fingerprint density at radius 1 is 1.47 bits per heavy atom. The molecule has 2 atom stereocenters. The second kappa shape index (κ2) is 3.03. The summed E-state index contributed by atoms with van der Waals surface area (Å²) in [5.74, 6) is -0.360. The molecule has 2 aliphatic heterocycles. The predicted molar refractivity (Wildman–Crippen MR) is 52.0 cm³/mol. The molecule has 2 heterocycles. The summed E-state index contributed by atoms with van der Waals surface area (Å²) in [5, 5.41) is 0. The van der Waals surface area contributed by atoms with Crippen LogP contribution in [0.25, 0.3) is 0 Å². The monoisotopic (exact) mass is 207 g/mol. The van der Waals surface area contributed by atoms with Gasteiger partial charge in [0.25, 0.3) is 5.91 Å². The summed E-state index contributed by atoms with van der Waals surface area (Å²) in [6.45, 7) is 0.562. The van der Waals surface area contributed by atoms with Crippen LogP contribution in [0.2, 0.25) is 0 Å².